The maximum atomic E-state index is 13.5. The maximum Gasteiger partial charge on any atom is 0.243 e. The van der Waals surface area contributed by atoms with Crippen LogP contribution in [0.1, 0.15) is 29.5 Å². The third kappa shape index (κ3) is 8.01. The third-order valence-electron chi connectivity index (χ3n) is 5.64. The van der Waals surface area contributed by atoms with Crippen LogP contribution in [0.15, 0.2) is 84.9 Å². The minimum absolute atomic E-state index is 0.00583. The Morgan fingerprint density at radius 3 is 2.09 bits per heavy atom. The van der Waals surface area contributed by atoms with Gasteiger partial charge in [-0.3, -0.25) is 9.59 Å². The van der Waals surface area contributed by atoms with Crippen molar-refractivity contribution < 1.29 is 14.7 Å². The molecule has 0 spiro atoms. The molecule has 0 saturated carbocycles. The van der Waals surface area contributed by atoms with E-state index in [9.17, 15) is 9.59 Å². The van der Waals surface area contributed by atoms with Crippen LogP contribution in [0.2, 0.25) is 5.02 Å². The van der Waals surface area contributed by atoms with Crippen LogP contribution < -0.4 is 5.32 Å². The molecule has 0 saturated heterocycles. The second-order valence-electron chi connectivity index (χ2n) is 8.21. The molecule has 0 aromatic heterocycles. The van der Waals surface area contributed by atoms with Crippen molar-refractivity contribution in [1.29, 1.82) is 0 Å². The Kier molecular flexibility index (Phi) is 10.1. The molecule has 0 aliphatic carbocycles. The number of nitrogens with zero attached hydrogens (tertiary/aromatic N) is 1. The van der Waals surface area contributed by atoms with Crippen molar-refractivity contribution in [3.63, 3.8) is 0 Å². The molecule has 2 amide bonds. The van der Waals surface area contributed by atoms with E-state index in [0.717, 1.165) is 16.7 Å². The largest absolute Gasteiger partial charge is 0.396 e. The molecule has 5 nitrogen and oxygen atoms in total. The van der Waals surface area contributed by atoms with Crippen molar-refractivity contribution in [3.8, 4) is 0 Å². The van der Waals surface area contributed by atoms with E-state index < -0.39 is 6.04 Å². The summed E-state index contributed by atoms with van der Waals surface area (Å²) in [5.74, 6) is -0.309. The number of rotatable bonds is 12. The lowest BCUT2D eigenvalue weighted by molar-refractivity contribution is -0.141. The van der Waals surface area contributed by atoms with Gasteiger partial charge < -0.3 is 15.3 Å². The molecule has 34 heavy (non-hydrogen) atoms. The van der Waals surface area contributed by atoms with Crippen LogP contribution in [0, 0.1) is 0 Å². The molecular formula is C28H31ClN2O3. The molecule has 3 rings (SSSR count). The molecule has 6 heteroatoms. The Bertz CT molecular complexity index is 1030. The topological polar surface area (TPSA) is 69.6 Å². The lowest BCUT2D eigenvalue weighted by Crippen LogP contribution is -2.50. The number of carbonyl (C=O) groups excluding carboxylic acids is 2. The first kappa shape index (κ1) is 25.5. The molecular weight excluding hydrogens is 448 g/mol. The van der Waals surface area contributed by atoms with Gasteiger partial charge >= 0.3 is 0 Å². The van der Waals surface area contributed by atoms with E-state index >= 15 is 0 Å². The molecule has 0 aliphatic rings. The summed E-state index contributed by atoms with van der Waals surface area (Å²) in [5.41, 5.74) is 2.95. The summed E-state index contributed by atoms with van der Waals surface area (Å²) < 4.78 is 0. The fourth-order valence-electron chi connectivity index (χ4n) is 3.79. The zero-order valence-corrected chi connectivity index (χ0v) is 20.0. The van der Waals surface area contributed by atoms with E-state index in [1.165, 1.54) is 0 Å². The van der Waals surface area contributed by atoms with Crippen molar-refractivity contribution in [3.05, 3.63) is 107 Å². The first-order valence-corrected chi connectivity index (χ1v) is 11.9. The molecule has 1 unspecified atom stereocenters. The zero-order chi connectivity index (χ0) is 24.2. The number of carbonyl (C=O) groups is 2. The Morgan fingerprint density at radius 2 is 1.47 bits per heavy atom. The summed E-state index contributed by atoms with van der Waals surface area (Å²) in [6.45, 7) is 0.650. The number of aryl methyl sites for hydroxylation is 1. The average molecular weight is 479 g/mol. The molecule has 0 radical (unpaired) electrons. The Labute approximate surface area is 206 Å². The van der Waals surface area contributed by atoms with Gasteiger partial charge in [0.15, 0.2) is 0 Å². The van der Waals surface area contributed by atoms with E-state index in [0.29, 0.717) is 43.8 Å². The molecule has 0 bridgehead atoms. The predicted molar refractivity (Wildman–Crippen MR) is 135 cm³/mol. The highest BCUT2D eigenvalue weighted by Gasteiger charge is 2.30. The van der Waals surface area contributed by atoms with Gasteiger partial charge in [-0.1, -0.05) is 84.4 Å². The van der Waals surface area contributed by atoms with Crippen LogP contribution in [0.25, 0.3) is 0 Å². The van der Waals surface area contributed by atoms with Crippen LogP contribution in [0.5, 0.6) is 0 Å². The van der Waals surface area contributed by atoms with E-state index in [2.05, 4.69) is 5.32 Å². The highest BCUT2D eigenvalue weighted by molar-refractivity contribution is 6.30. The van der Waals surface area contributed by atoms with Crippen molar-refractivity contribution >= 4 is 23.4 Å². The summed E-state index contributed by atoms with van der Waals surface area (Å²) in [6.07, 6.45) is 1.76. The molecule has 2 N–H and O–H groups in total. The van der Waals surface area contributed by atoms with Gasteiger partial charge in [-0.15, -0.1) is 0 Å². The van der Waals surface area contributed by atoms with E-state index in [-0.39, 0.29) is 18.4 Å². The number of halogens is 1. The van der Waals surface area contributed by atoms with Crippen molar-refractivity contribution in [2.75, 3.05) is 13.2 Å². The van der Waals surface area contributed by atoms with Gasteiger partial charge in [0.05, 0.1) is 0 Å². The number of benzene rings is 3. The molecule has 1 atom stereocenters. The number of aliphatic hydroxyl groups excluding tert-OH is 1. The fourth-order valence-corrected chi connectivity index (χ4v) is 3.91. The number of hydrogen-bond acceptors (Lipinski definition) is 3. The van der Waals surface area contributed by atoms with Crippen molar-refractivity contribution in [2.24, 2.45) is 0 Å². The summed E-state index contributed by atoms with van der Waals surface area (Å²) in [7, 11) is 0. The molecule has 0 fully saturated rings. The SMILES string of the molecule is O=C(NCCCO)C(Cc1ccccc1)N(Cc1ccc(Cl)cc1)C(=O)CCc1ccccc1. The van der Waals surface area contributed by atoms with Crippen LogP contribution >= 0.6 is 11.6 Å². The first-order chi connectivity index (χ1) is 16.6. The normalized spacial score (nSPS) is 11.6. The molecule has 3 aromatic carbocycles. The predicted octanol–water partition coefficient (Wildman–Crippen LogP) is 4.41. The van der Waals surface area contributed by atoms with Crippen LogP contribution in [-0.2, 0) is 29.0 Å². The van der Waals surface area contributed by atoms with E-state index in [1.807, 2.05) is 72.8 Å². The third-order valence-corrected chi connectivity index (χ3v) is 5.89. The highest BCUT2D eigenvalue weighted by atomic mass is 35.5. The van der Waals surface area contributed by atoms with Gasteiger partial charge in [-0.25, -0.2) is 0 Å². The Morgan fingerprint density at radius 1 is 0.853 bits per heavy atom. The van der Waals surface area contributed by atoms with Gasteiger partial charge in [-0.2, -0.15) is 0 Å². The van der Waals surface area contributed by atoms with Crippen molar-refractivity contribution in [1.82, 2.24) is 10.2 Å². The second-order valence-corrected chi connectivity index (χ2v) is 8.64. The molecule has 3 aromatic rings. The second kappa shape index (κ2) is 13.5. The number of hydrogen-bond donors (Lipinski definition) is 2. The van der Waals surface area contributed by atoms with Crippen LogP contribution in [0.3, 0.4) is 0 Å². The summed E-state index contributed by atoms with van der Waals surface area (Å²) in [5, 5.41) is 12.6. The van der Waals surface area contributed by atoms with Crippen LogP contribution in [-0.4, -0.2) is 41.0 Å². The lowest BCUT2D eigenvalue weighted by Gasteiger charge is -2.31. The minimum atomic E-state index is -0.681. The van der Waals surface area contributed by atoms with Crippen LogP contribution in [0.4, 0.5) is 0 Å². The van der Waals surface area contributed by atoms with Gasteiger partial charge in [-0.05, 0) is 41.7 Å². The zero-order valence-electron chi connectivity index (χ0n) is 19.2. The van der Waals surface area contributed by atoms with E-state index in [1.54, 1.807) is 17.0 Å². The van der Waals surface area contributed by atoms with Gasteiger partial charge in [0, 0.05) is 37.6 Å². The minimum Gasteiger partial charge on any atom is -0.396 e. The quantitative estimate of drug-likeness (QED) is 0.379. The number of amides is 2. The van der Waals surface area contributed by atoms with Gasteiger partial charge in [0.25, 0.3) is 0 Å². The van der Waals surface area contributed by atoms with Gasteiger partial charge in [0.1, 0.15) is 6.04 Å². The number of aliphatic hydroxyl groups is 1. The molecule has 178 valence electrons. The van der Waals surface area contributed by atoms with Gasteiger partial charge in [0.2, 0.25) is 11.8 Å². The Balaban J connectivity index is 1.86. The molecule has 0 heterocycles. The highest BCUT2D eigenvalue weighted by Crippen LogP contribution is 2.18. The molecule has 0 aliphatic heterocycles. The lowest BCUT2D eigenvalue weighted by atomic mass is 10.0. The fraction of sp³-hybridized carbons (Fsp3) is 0.286. The average Bonchev–Trinajstić information content (AvgIpc) is 2.87. The first-order valence-electron chi connectivity index (χ1n) is 11.6. The summed E-state index contributed by atoms with van der Waals surface area (Å²) in [4.78, 5) is 28.5. The summed E-state index contributed by atoms with van der Waals surface area (Å²) in [6, 6.07) is 26.2. The monoisotopic (exact) mass is 478 g/mol. The summed E-state index contributed by atoms with van der Waals surface area (Å²) >= 11 is 6.05. The Hall–Kier alpha value is -3.15. The van der Waals surface area contributed by atoms with Crippen molar-refractivity contribution in [2.45, 2.75) is 38.3 Å². The standard InChI is InChI=1S/C28H31ClN2O3/c29-25-15-12-24(13-16-25)21-31(27(33)17-14-22-8-3-1-4-9-22)26(28(34)30-18-7-19-32)20-23-10-5-2-6-11-23/h1-6,8-13,15-16,26,32H,7,14,17-21H2,(H,30,34). The smallest absolute Gasteiger partial charge is 0.243 e. The maximum absolute atomic E-state index is 13.5. The number of nitrogens with one attached hydrogen (secondary N) is 1. The van der Waals surface area contributed by atoms with E-state index in [4.69, 9.17) is 16.7 Å².